The number of hydrogen-bond acceptors (Lipinski definition) is 3. The van der Waals surface area contributed by atoms with Gasteiger partial charge < -0.3 is 15.2 Å². The lowest BCUT2D eigenvalue weighted by Gasteiger charge is -2.19. The van der Waals surface area contributed by atoms with Gasteiger partial charge in [-0.1, -0.05) is 0 Å². The van der Waals surface area contributed by atoms with Crippen LogP contribution in [-0.2, 0) is 27.8 Å². The first-order valence-corrected chi connectivity index (χ1v) is 10.1. The van der Waals surface area contributed by atoms with Gasteiger partial charge in [-0.3, -0.25) is 14.7 Å². The second-order valence-electron chi connectivity index (χ2n) is 8.61. The highest BCUT2D eigenvalue weighted by atomic mass is 16.2. The van der Waals surface area contributed by atoms with Crippen molar-refractivity contribution in [3.63, 3.8) is 0 Å². The van der Waals surface area contributed by atoms with E-state index in [2.05, 4.69) is 39.6 Å². The average molecular weight is 391 g/mol. The Labute approximate surface area is 168 Å². The normalized spacial score (nSPS) is 17.1. The molecule has 2 amide bonds. The fourth-order valence-electron chi connectivity index (χ4n) is 4.82. The molecule has 2 aliphatic rings. The highest BCUT2D eigenvalue weighted by molar-refractivity contribution is 6.12. The first-order valence-electron chi connectivity index (χ1n) is 10.1. The molecule has 0 bridgehead atoms. The van der Waals surface area contributed by atoms with Crippen LogP contribution in [0.15, 0.2) is 12.1 Å². The number of carbonyl (C=O) groups excluding carboxylic acids is 2. The summed E-state index contributed by atoms with van der Waals surface area (Å²) < 4.78 is 0. The number of likely N-dealkylation sites (N-methyl/N-ethyl adjacent to an activating group) is 1. The number of amides is 2. The molecule has 0 fully saturated rings. The average Bonchev–Trinajstić information content (AvgIpc) is 3.24. The number of benzene rings is 1. The van der Waals surface area contributed by atoms with Crippen molar-refractivity contribution in [2.24, 2.45) is 0 Å². The van der Waals surface area contributed by atoms with E-state index in [1.54, 1.807) is 11.9 Å². The van der Waals surface area contributed by atoms with Gasteiger partial charge in [-0.15, -0.1) is 0 Å². The maximum absolute atomic E-state index is 13.1. The lowest BCUT2D eigenvalue weighted by molar-refractivity contribution is -0.125. The summed E-state index contributed by atoms with van der Waals surface area (Å²) >= 11 is 0. The Bertz CT molecular complexity index is 1180. The minimum absolute atomic E-state index is 0.0343. The Morgan fingerprint density at radius 1 is 1.28 bits per heavy atom. The molecular weight excluding hydrogens is 366 g/mol. The highest BCUT2D eigenvalue weighted by Crippen LogP contribution is 2.46. The number of fused-ring (bicyclic) bond motifs is 6. The summed E-state index contributed by atoms with van der Waals surface area (Å²) in [7, 11) is 1.59. The molecule has 2 aromatic heterocycles. The standard InChI is InChI=1S/C22H25N5O2/c1-11-12-6-5-7-13-14-8-17-15(9-16(14)24-19(13)20(12)26-25-11)22(2,3)21(29)27(17)10-18(28)23-4/h8-9,24H,5-7,10H2,1-4H3,(H,23,28)(H,25,26). The molecule has 150 valence electrons. The van der Waals surface area contributed by atoms with Crippen molar-refractivity contribution in [2.45, 2.75) is 45.4 Å². The van der Waals surface area contributed by atoms with Gasteiger partial charge in [0.25, 0.3) is 0 Å². The first kappa shape index (κ1) is 18.0. The Kier molecular flexibility index (Phi) is 3.69. The van der Waals surface area contributed by atoms with Crippen LogP contribution in [0.5, 0.6) is 0 Å². The van der Waals surface area contributed by atoms with E-state index in [0.717, 1.165) is 58.5 Å². The molecule has 1 aliphatic heterocycles. The molecule has 0 radical (unpaired) electrons. The third-order valence-corrected chi connectivity index (χ3v) is 6.51. The molecule has 0 unspecified atom stereocenters. The molecule has 3 heterocycles. The van der Waals surface area contributed by atoms with E-state index >= 15 is 0 Å². The molecule has 0 saturated heterocycles. The molecule has 0 spiro atoms. The molecule has 7 heteroatoms. The number of carbonyl (C=O) groups is 2. The van der Waals surface area contributed by atoms with Gasteiger partial charge in [0.15, 0.2) is 0 Å². The molecule has 5 rings (SSSR count). The van der Waals surface area contributed by atoms with E-state index in [-0.39, 0.29) is 18.4 Å². The van der Waals surface area contributed by atoms with Crippen LogP contribution in [0.4, 0.5) is 5.69 Å². The smallest absolute Gasteiger partial charge is 0.239 e. The summed E-state index contributed by atoms with van der Waals surface area (Å²) in [4.78, 5) is 30.3. The van der Waals surface area contributed by atoms with Crippen LogP contribution in [0.3, 0.4) is 0 Å². The van der Waals surface area contributed by atoms with E-state index in [1.165, 1.54) is 11.1 Å². The summed E-state index contributed by atoms with van der Waals surface area (Å²) in [5.74, 6) is -0.216. The molecule has 3 aromatic rings. The van der Waals surface area contributed by atoms with Crippen molar-refractivity contribution < 1.29 is 9.59 Å². The third kappa shape index (κ3) is 2.39. The number of aromatic nitrogens is 3. The van der Waals surface area contributed by atoms with Crippen LogP contribution < -0.4 is 10.2 Å². The van der Waals surface area contributed by atoms with Crippen LogP contribution >= 0.6 is 0 Å². The fraction of sp³-hybridized carbons (Fsp3) is 0.409. The Morgan fingerprint density at radius 2 is 2.03 bits per heavy atom. The molecule has 3 N–H and O–H groups in total. The molecule has 0 saturated carbocycles. The van der Waals surface area contributed by atoms with Crippen LogP contribution in [0, 0.1) is 6.92 Å². The van der Waals surface area contributed by atoms with Gasteiger partial charge in [0.05, 0.1) is 11.1 Å². The number of nitrogens with one attached hydrogen (secondary N) is 3. The summed E-state index contributed by atoms with van der Waals surface area (Å²) in [6.45, 7) is 5.95. The number of H-pyrrole nitrogens is 2. The first-order chi connectivity index (χ1) is 13.8. The van der Waals surface area contributed by atoms with Crippen molar-refractivity contribution in [3.05, 3.63) is 34.5 Å². The van der Waals surface area contributed by atoms with Crippen molar-refractivity contribution in [2.75, 3.05) is 18.5 Å². The zero-order valence-corrected chi connectivity index (χ0v) is 17.2. The van der Waals surface area contributed by atoms with Gasteiger partial charge >= 0.3 is 0 Å². The topological polar surface area (TPSA) is 93.9 Å². The zero-order chi connectivity index (χ0) is 20.5. The van der Waals surface area contributed by atoms with Gasteiger partial charge in [-0.2, -0.15) is 5.10 Å². The van der Waals surface area contributed by atoms with Gasteiger partial charge in [-0.25, -0.2) is 0 Å². The van der Waals surface area contributed by atoms with Crippen molar-refractivity contribution >= 4 is 28.4 Å². The Balaban J connectivity index is 1.73. The predicted octanol–water partition coefficient (Wildman–Crippen LogP) is 2.73. The number of nitrogens with zero attached hydrogens (tertiary/aromatic N) is 2. The molecular formula is C22H25N5O2. The molecule has 1 aliphatic carbocycles. The van der Waals surface area contributed by atoms with E-state index < -0.39 is 5.41 Å². The largest absolute Gasteiger partial charge is 0.358 e. The molecule has 1 aromatic carbocycles. The minimum atomic E-state index is -0.672. The van der Waals surface area contributed by atoms with E-state index in [4.69, 9.17) is 0 Å². The summed E-state index contributed by atoms with van der Waals surface area (Å²) in [6, 6.07) is 4.17. The Hall–Kier alpha value is -3.09. The van der Waals surface area contributed by atoms with E-state index in [1.807, 2.05) is 13.8 Å². The number of aryl methyl sites for hydroxylation is 2. The van der Waals surface area contributed by atoms with Crippen LogP contribution in [0.1, 0.15) is 42.7 Å². The summed E-state index contributed by atoms with van der Waals surface area (Å²) in [5, 5.41) is 11.4. The molecule has 0 atom stereocenters. The van der Waals surface area contributed by atoms with Gasteiger partial charge in [0.1, 0.15) is 12.2 Å². The highest BCUT2D eigenvalue weighted by Gasteiger charge is 2.45. The van der Waals surface area contributed by atoms with Crippen molar-refractivity contribution in [1.29, 1.82) is 0 Å². The van der Waals surface area contributed by atoms with Gasteiger partial charge in [-0.05, 0) is 63.3 Å². The lowest BCUT2D eigenvalue weighted by Crippen LogP contribution is -2.42. The fourth-order valence-corrected chi connectivity index (χ4v) is 4.82. The monoisotopic (exact) mass is 391 g/mol. The van der Waals surface area contributed by atoms with E-state index in [9.17, 15) is 9.59 Å². The zero-order valence-electron chi connectivity index (χ0n) is 17.2. The predicted molar refractivity (Wildman–Crippen MR) is 112 cm³/mol. The van der Waals surface area contributed by atoms with Crippen LogP contribution in [0.25, 0.3) is 22.3 Å². The van der Waals surface area contributed by atoms with Crippen LogP contribution in [-0.4, -0.2) is 40.6 Å². The van der Waals surface area contributed by atoms with Gasteiger partial charge in [0.2, 0.25) is 11.8 Å². The number of anilines is 1. The third-order valence-electron chi connectivity index (χ3n) is 6.51. The maximum atomic E-state index is 13.1. The van der Waals surface area contributed by atoms with Crippen molar-refractivity contribution in [1.82, 2.24) is 20.5 Å². The number of rotatable bonds is 2. The molecule has 29 heavy (non-hydrogen) atoms. The van der Waals surface area contributed by atoms with Crippen molar-refractivity contribution in [3.8, 4) is 11.4 Å². The number of hydrogen-bond donors (Lipinski definition) is 3. The minimum Gasteiger partial charge on any atom is -0.358 e. The Morgan fingerprint density at radius 3 is 2.79 bits per heavy atom. The number of aromatic amines is 2. The quantitative estimate of drug-likeness (QED) is 0.627. The van der Waals surface area contributed by atoms with E-state index in [0.29, 0.717) is 0 Å². The SMILES string of the molecule is CNC(=O)CN1C(=O)C(C)(C)c2cc3[nH]c4c(c3cc21)CCCc1c-4n[nH]c1C. The second kappa shape index (κ2) is 5.95. The summed E-state index contributed by atoms with van der Waals surface area (Å²) in [6.07, 6.45) is 3.01. The second-order valence-corrected chi connectivity index (χ2v) is 8.61. The van der Waals surface area contributed by atoms with Gasteiger partial charge in [0, 0.05) is 34.9 Å². The maximum Gasteiger partial charge on any atom is 0.239 e. The lowest BCUT2D eigenvalue weighted by atomic mass is 9.85. The van der Waals surface area contributed by atoms with Crippen LogP contribution in [0.2, 0.25) is 0 Å². The molecule has 7 nitrogen and oxygen atoms in total. The summed E-state index contributed by atoms with van der Waals surface area (Å²) in [5.41, 5.74) is 7.85.